The van der Waals surface area contributed by atoms with Crippen LogP contribution in [0.4, 0.5) is 10.5 Å². The first-order valence-corrected chi connectivity index (χ1v) is 9.21. The molecule has 3 atom stereocenters. The number of nitrogens with zero attached hydrogens (tertiary/aromatic N) is 2. The van der Waals surface area contributed by atoms with Crippen molar-refractivity contribution in [3.8, 4) is 0 Å². The van der Waals surface area contributed by atoms with Gasteiger partial charge in [0.25, 0.3) is 0 Å². The maximum Gasteiger partial charge on any atom is 0.331 e. The number of urea groups is 1. The molecule has 7 nitrogen and oxygen atoms in total. The number of carbonyl (C=O) groups excluding carboxylic acids is 3. The van der Waals surface area contributed by atoms with Gasteiger partial charge in [0.1, 0.15) is 6.04 Å². The average molecular weight is 357 g/mol. The maximum absolute atomic E-state index is 13.5. The van der Waals surface area contributed by atoms with Crippen LogP contribution in [0.1, 0.15) is 19.4 Å². The highest BCUT2D eigenvalue weighted by Crippen LogP contribution is 2.44. The molecule has 2 N–H and O–H groups in total. The molecule has 0 aliphatic carbocycles. The Balaban J connectivity index is 1.89. The Morgan fingerprint density at radius 1 is 1.23 bits per heavy atom. The third kappa shape index (κ3) is 2.19. The second-order valence-corrected chi connectivity index (χ2v) is 7.93. The Labute approximate surface area is 152 Å². The molecule has 4 rings (SSSR count). The van der Waals surface area contributed by atoms with E-state index in [1.54, 1.807) is 13.8 Å². The number of quaternary nitrogens is 1. The summed E-state index contributed by atoms with van der Waals surface area (Å²) in [5.41, 5.74) is 0.836. The SMILES string of the molecule is CC(C)N1C(=O)NC(=O)[C@]2(Cc3ccccc3N3CC[NH+](C)C[C@@H]32)C1=O. The lowest BCUT2D eigenvalue weighted by Gasteiger charge is -2.54. The Morgan fingerprint density at radius 2 is 1.96 bits per heavy atom. The molecular weight excluding hydrogens is 332 g/mol. The van der Waals surface area contributed by atoms with Crippen molar-refractivity contribution in [3.05, 3.63) is 29.8 Å². The Bertz CT molecular complexity index is 793. The van der Waals surface area contributed by atoms with Crippen LogP contribution >= 0.6 is 0 Å². The molecule has 2 fully saturated rings. The van der Waals surface area contributed by atoms with E-state index in [0.29, 0.717) is 13.0 Å². The summed E-state index contributed by atoms with van der Waals surface area (Å²) < 4.78 is 0. The molecule has 0 radical (unpaired) electrons. The van der Waals surface area contributed by atoms with Crippen molar-refractivity contribution >= 4 is 23.5 Å². The largest absolute Gasteiger partial charge is 0.355 e. The number of rotatable bonds is 1. The number of nitrogens with one attached hydrogen (secondary N) is 2. The number of imide groups is 2. The molecule has 26 heavy (non-hydrogen) atoms. The third-order valence-corrected chi connectivity index (χ3v) is 6.00. The summed E-state index contributed by atoms with van der Waals surface area (Å²) in [6, 6.07) is 6.81. The van der Waals surface area contributed by atoms with Gasteiger partial charge in [0.05, 0.1) is 26.7 Å². The molecule has 1 unspecified atom stereocenters. The first-order valence-electron chi connectivity index (χ1n) is 9.21. The normalized spacial score (nSPS) is 31.2. The number of anilines is 1. The second-order valence-electron chi connectivity index (χ2n) is 7.93. The van der Waals surface area contributed by atoms with Crippen LogP contribution in [-0.2, 0) is 16.0 Å². The molecule has 2 saturated heterocycles. The number of piperazine rings is 1. The molecule has 1 aromatic carbocycles. The molecule has 4 amide bonds. The molecule has 3 aliphatic rings. The van der Waals surface area contributed by atoms with E-state index in [1.165, 1.54) is 9.80 Å². The summed E-state index contributed by atoms with van der Waals surface area (Å²) in [6.45, 7) is 6.02. The van der Waals surface area contributed by atoms with Crippen LogP contribution in [-0.4, -0.2) is 61.5 Å². The average Bonchev–Trinajstić information content (AvgIpc) is 2.59. The third-order valence-electron chi connectivity index (χ3n) is 6.00. The fourth-order valence-corrected chi connectivity index (χ4v) is 4.69. The zero-order valence-electron chi connectivity index (χ0n) is 15.4. The number of fused-ring (bicyclic) bond motifs is 4. The summed E-state index contributed by atoms with van der Waals surface area (Å²) in [6.07, 6.45) is 0.332. The van der Waals surface area contributed by atoms with Gasteiger partial charge in [0.15, 0.2) is 5.41 Å². The summed E-state index contributed by atoms with van der Waals surface area (Å²) in [5, 5.41) is 2.47. The van der Waals surface area contributed by atoms with Gasteiger partial charge in [-0.1, -0.05) is 18.2 Å². The van der Waals surface area contributed by atoms with Gasteiger partial charge in [-0.15, -0.1) is 0 Å². The van der Waals surface area contributed by atoms with Crippen molar-refractivity contribution in [2.24, 2.45) is 5.41 Å². The molecule has 1 spiro atoms. The highest BCUT2D eigenvalue weighted by Gasteiger charge is 2.63. The van der Waals surface area contributed by atoms with Crippen molar-refractivity contribution in [2.75, 3.05) is 31.6 Å². The van der Waals surface area contributed by atoms with E-state index in [-0.39, 0.29) is 18.0 Å². The summed E-state index contributed by atoms with van der Waals surface area (Å²) in [7, 11) is 2.09. The molecule has 0 bridgehead atoms. The topological polar surface area (TPSA) is 74.2 Å². The standard InChI is InChI=1S/C19H24N4O3/c1-12(2)23-17(25)19(16(24)20-18(23)26)10-13-6-4-5-7-14(13)22-9-8-21(3)11-15(19)22/h4-7,12,15H,8-11H2,1-3H3,(H,20,24,26)/p+1/t15-,19-/m1/s1. The number of benzene rings is 1. The van der Waals surface area contributed by atoms with E-state index < -0.39 is 17.4 Å². The van der Waals surface area contributed by atoms with Gasteiger partial charge in [0, 0.05) is 18.2 Å². The molecule has 138 valence electrons. The second kappa shape index (κ2) is 5.81. The zero-order chi connectivity index (χ0) is 18.6. The van der Waals surface area contributed by atoms with Crippen molar-refractivity contribution in [1.29, 1.82) is 0 Å². The maximum atomic E-state index is 13.5. The number of likely N-dealkylation sites (N-methyl/N-ethyl adjacent to an activating group) is 1. The van der Waals surface area contributed by atoms with Crippen LogP contribution in [0.25, 0.3) is 0 Å². The van der Waals surface area contributed by atoms with Crippen LogP contribution in [0.2, 0.25) is 0 Å². The first kappa shape index (κ1) is 17.0. The summed E-state index contributed by atoms with van der Waals surface area (Å²) >= 11 is 0. The fraction of sp³-hybridized carbons (Fsp3) is 0.526. The monoisotopic (exact) mass is 357 g/mol. The van der Waals surface area contributed by atoms with Crippen molar-refractivity contribution in [1.82, 2.24) is 10.2 Å². The van der Waals surface area contributed by atoms with E-state index in [0.717, 1.165) is 24.3 Å². The van der Waals surface area contributed by atoms with Crippen LogP contribution in [0.15, 0.2) is 24.3 Å². The van der Waals surface area contributed by atoms with Crippen molar-refractivity contribution in [2.45, 2.75) is 32.4 Å². The van der Waals surface area contributed by atoms with Crippen LogP contribution in [0.5, 0.6) is 0 Å². The minimum absolute atomic E-state index is 0.256. The minimum Gasteiger partial charge on any atom is -0.355 e. The fourth-order valence-electron chi connectivity index (χ4n) is 4.69. The first-order chi connectivity index (χ1) is 12.4. The molecule has 7 heteroatoms. The van der Waals surface area contributed by atoms with E-state index >= 15 is 0 Å². The van der Waals surface area contributed by atoms with Gasteiger partial charge in [-0.25, -0.2) is 4.79 Å². The number of hydrogen-bond acceptors (Lipinski definition) is 4. The van der Waals surface area contributed by atoms with Crippen molar-refractivity contribution in [3.63, 3.8) is 0 Å². The van der Waals surface area contributed by atoms with Gasteiger partial charge < -0.3 is 9.80 Å². The number of para-hydroxylation sites is 1. The Hall–Kier alpha value is -2.41. The minimum atomic E-state index is -1.26. The Kier molecular flexibility index (Phi) is 3.80. The molecule has 0 aromatic heterocycles. The quantitative estimate of drug-likeness (QED) is 0.660. The van der Waals surface area contributed by atoms with Crippen molar-refractivity contribution < 1.29 is 19.3 Å². The van der Waals surface area contributed by atoms with E-state index in [1.807, 2.05) is 18.2 Å². The summed E-state index contributed by atoms with van der Waals surface area (Å²) in [5.74, 6) is -0.816. The lowest BCUT2D eigenvalue weighted by molar-refractivity contribution is -0.883. The van der Waals surface area contributed by atoms with Crippen LogP contribution < -0.4 is 15.1 Å². The molecule has 1 aromatic rings. The smallest absolute Gasteiger partial charge is 0.331 e. The predicted molar refractivity (Wildman–Crippen MR) is 95.9 cm³/mol. The number of barbiturate groups is 1. The molecule has 3 heterocycles. The van der Waals surface area contributed by atoms with Gasteiger partial charge in [-0.3, -0.25) is 19.8 Å². The lowest BCUT2D eigenvalue weighted by Crippen LogP contribution is -3.14. The highest BCUT2D eigenvalue weighted by molar-refractivity contribution is 6.20. The molecule has 0 saturated carbocycles. The predicted octanol–water partition coefficient (Wildman–Crippen LogP) is -0.581. The Morgan fingerprint density at radius 3 is 2.69 bits per heavy atom. The number of hydrogen-bond donors (Lipinski definition) is 2. The van der Waals surface area contributed by atoms with Gasteiger partial charge in [-0.05, 0) is 25.5 Å². The van der Waals surface area contributed by atoms with Gasteiger partial charge >= 0.3 is 6.03 Å². The number of amides is 4. The zero-order valence-corrected chi connectivity index (χ0v) is 15.4. The lowest BCUT2D eigenvalue weighted by atomic mass is 9.67. The van der Waals surface area contributed by atoms with Gasteiger partial charge in [0.2, 0.25) is 11.8 Å². The van der Waals surface area contributed by atoms with Gasteiger partial charge in [-0.2, -0.15) is 0 Å². The van der Waals surface area contributed by atoms with Crippen LogP contribution in [0.3, 0.4) is 0 Å². The molecular formula is C19H25N4O3+. The number of carbonyl (C=O) groups is 3. The van der Waals surface area contributed by atoms with Crippen LogP contribution in [0, 0.1) is 5.41 Å². The highest BCUT2D eigenvalue weighted by atomic mass is 16.2. The molecule has 3 aliphatic heterocycles. The van der Waals surface area contributed by atoms with E-state index in [9.17, 15) is 14.4 Å². The van der Waals surface area contributed by atoms with E-state index in [2.05, 4.69) is 23.3 Å². The van der Waals surface area contributed by atoms with E-state index in [4.69, 9.17) is 0 Å². The summed E-state index contributed by atoms with van der Waals surface area (Å²) in [4.78, 5) is 43.7.